The Labute approximate surface area is 109 Å². The predicted octanol–water partition coefficient (Wildman–Crippen LogP) is 1.23. The summed E-state index contributed by atoms with van der Waals surface area (Å²) in [6, 6.07) is 9.14. The molecule has 0 atom stereocenters. The van der Waals surface area contributed by atoms with Gasteiger partial charge in [0.15, 0.2) is 0 Å². The molecule has 1 aromatic rings. The Morgan fingerprint density at radius 2 is 2.28 bits per heavy atom. The largest absolute Gasteiger partial charge is 0.323 e. The Balaban J connectivity index is 2.16. The number of nitrogens with zero attached hydrogens (tertiary/aromatic N) is 2. The van der Waals surface area contributed by atoms with Crippen LogP contribution < -0.4 is 10.2 Å². The molecule has 2 rings (SSSR count). The van der Waals surface area contributed by atoms with Gasteiger partial charge in [-0.2, -0.15) is 5.26 Å². The molecule has 1 aromatic carbocycles. The molecule has 0 aliphatic carbocycles. The molecule has 0 spiro atoms. The number of para-hydroxylation sites is 2. The Morgan fingerprint density at radius 3 is 3.06 bits per heavy atom. The minimum absolute atomic E-state index is 0.0307. The lowest BCUT2D eigenvalue weighted by molar-refractivity contribution is -0.120. The maximum absolute atomic E-state index is 12.0. The number of anilines is 2. The summed E-state index contributed by atoms with van der Waals surface area (Å²) in [4.78, 5) is 25.0. The average molecular weight is 261 g/mol. The summed E-state index contributed by atoms with van der Waals surface area (Å²) < 4.78 is 0. The van der Waals surface area contributed by atoms with E-state index in [-0.39, 0.29) is 29.9 Å². The van der Waals surface area contributed by atoms with Crippen molar-refractivity contribution in [3.05, 3.63) is 24.3 Å². The maximum atomic E-state index is 12.0. The highest BCUT2D eigenvalue weighted by Crippen LogP contribution is 2.29. The molecule has 18 heavy (non-hydrogen) atoms. The van der Waals surface area contributed by atoms with Crippen LogP contribution in [-0.2, 0) is 9.59 Å². The molecule has 1 N–H and O–H groups in total. The van der Waals surface area contributed by atoms with E-state index >= 15 is 0 Å². The fourth-order valence-corrected chi connectivity index (χ4v) is 2.24. The number of benzene rings is 1. The minimum atomic E-state index is -0.202. The second-order valence-electron chi connectivity index (χ2n) is 3.70. The number of fused-ring (bicyclic) bond motifs is 1. The van der Waals surface area contributed by atoms with Gasteiger partial charge in [0.2, 0.25) is 11.8 Å². The highest BCUT2D eigenvalue weighted by atomic mass is 32.2. The number of carbonyl (C=O) groups is 2. The van der Waals surface area contributed by atoms with Gasteiger partial charge in [-0.05, 0) is 12.1 Å². The third kappa shape index (κ3) is 2.63. The van der Waals surface area contributed by atoms with Crippen LogP contribution in [0.15, 0.2) is 24.3 Å². The summed E-state index contributed by atoms with van der Waals surface area (Å²) in [5, 5.41) is 11.1. The molecular weight excluding hydrogens is 250 g/mol. The number of nitrogens with one attached hydrogen (secondary N) is 1. The molecule has 0 fully saturated rings. The predicted molar refractivity (Wildman–Crippen MR) is 70.4 cm³/mol. The summed E-state index contributed by atoms with van der Waals surface area (Å²) in [7, 11) is 0. The van der Waals surface area contributed by atoms with Crippen LogP contribution >= 0.6 is 11.8 Å². The molecule has 2 amide bonds. The molecule has 6 heteroatoms. The number of nitriles is 1. The number of hydrogen-bond donors (Lipinski definition) is 1. The van der Waals surface area contributed by atoms with Gasteiger partial charge in [-0.1, -0.05) is 12.1 Å². The fraction of sp³-hybridized carbons (Fsp3) is 0.250. The Bertz CT molecular complexity index is 524. The van der Waals surface area contributed by atoms with Crippen LogP contribution in [0.2, 0.25) is 0 Å². The van der Waals surface area contributed by atoms with Crippen LogP contribution in [0.3, 0.4) is 0 Å². The van der Waals surface area contributed by atoms with Crippen LogP contribution in [0.1, 0.15) is 0 Å². The molecule has 0 radical (unpaired) electrons. The standard InChI is InChI=1S/C12H11N3O2S/c13-5-6-18-8-12(17)15-7-11(16)14-9-3-1-2-4-10(9)15/h1-4H,6-8H2,(H,14,16). The maximum Gasteiger partial charge on any atom is 0.244 e. The van der Waals surface area contributed by atoms with E-state index in [1.807, 2.05) is 12.1 Å². The minimum Gasteiger partial charge on any atom is -0.323 e. The zero-order valence-electron chi connectivity index (χ0n) is 9.55. The van der Waals surface area contributed by atoms with E-state index in [9.17, 15) is 9.59 Å². The first kappa shape index (κ1) is 12.5. The van der Waals surface area contributed by atoms with Gasteiger partial charge in [0.05, 0.1) is 28.9 Å². The lowest BCUT2D eigenvalue weighted by Gasteiger charge is -2.28. The van der Waals surface area contributed by atoms with Gasteiger partial charge >= 0.3 is 0 Å². The summed E-state index contributed by atoms with van der Waals surface area (Å²) in [6.45, 7) is 0.0307. The normalized spacial score (nSPS) is 13.5. The number of carbonyl (C=O) groups excluding carboxylic acids is 2. The van der Waals surface area contributed by atoms with Crippen molar-refractivity contribution in [2.24, 2.45) is 0 Å². The van der Waals surface area contributed by atoms with Crippen molar-refractivity contribution in [2.45, 2.75) is 0 Å². The van der Waals surface area contributed by atoms with Crippen LogP contribution in [0.5, 0.6) is 0 Å². The Morgan fingerprint density at radius 1 is 1.50 bits per heavy atom. The van der Waals surface area contributed by atoms with E-state index in [4.69, 9.17) is 5.26 Å². The molecule has 0 saturated heterocycles. The van der Waals surface area contributed by atoms with E-state index in [1.165, 1.54) is 16.7 Å². The smallest absolute Gasteiger partial charge is 0.244 e. The molecule has 0 saturated carbocycles. The van der Waals surface area contributed by atoms with E-state index in [2.05, 4.69) is 5.32 Å². The Kier molecular flexibility index (Phi) is 3.85. The number of amides is 2. The van der Waals surface area contributed by atoms with Gasteiger partial charge in [0.1, 0.15) is 6.54 Å². The highest BCUT2D eigenvalue weighted by Gasteiger charge is 2.26. The van der Waals surface area contributed by atoms with Gasteiger partial charge in [-0.15, -0.1) is 11.8 Å². The summed E-state index contributed by atoms with van der Waals surface area (Å²) >= 11 is 1.25. The third-order valence-electron chi connectivity index (χ3n) is 2.46. The van der Waals surface area contributed by atoms with Crippen molar-refractivity contribution in [1.29, 1.82) is 5.26 Å². The van der Waals surface area contributed by atoms with Crippen molar-refractivity contribution < 1.29 is 9.59 Å². The van der Waals surface area contributed by atoms with Crippen LogP contribution in [0.25, 0.3) is 0 Å². The lowest BCUT2D eigenvalue weighted by Crippen LogP contribution is -2.43. The van der Waals surface area contributed by atoms with Gasteiger partial charge in [-0.25, -0.2) is 0 Å². The zero-order chi connectivity index (χ0) is 13.0. The first-order chi connectivity index (χ1) is 8.72. The first-order valence-corrected chi connectivity index (χ1v) is 6.52. The third-order valence-corrected chi connectivity index (χ3v) is 3.25. The number of rotatable bonds is 3. The van der Waals surface area contributed by atoms with Gasteiger partial charge < -0.3 is 10.2 Å². The van der Waals surface area contributed by atoms with Crippen LogP contribution in [0, 0.1) is 11.3 Å². The molecule has 0 bridgehead atoms. The number of hydrogen-bond acceptors (Lipinski definition) is 4. The molecule has 1 aliphatic rings. The van der Waals surface area contributed by atoms with Gasteiger partial charge in [0.25, 0.3) is 0 Å². The summed E-state index contributed by atoms with van der Waals surface area (Å²) in [5.74, 6) is 0.118. The summed E-state index contributed by atoms with van der Waals surface area (Å²) in [5.41, 5.74) is 1.35. The number of thioether (sulfide) groups is 1. The van der Waals surface area contributed by atoms with Crippen molar-refractivity contribution in [1.82, 2.24) is 0 Å². The summed E-state index contributed by atoms with van der Waals surface area (Å²) in [6.07, 6.45) is 0. The van der Waals surface area contributed by atoms with Crippen LogP contribution in [0.4, 0.5) is 11.4 Å². The van der Waals surface area contributed by atoms with E-state index in [0.717, 1.165) is 0 Å². The van der Waals surface area contributed by atoms with Crippen molar-refractivity contribution >= 4 is 35.0 Å². The van der Waals surface area contributed by atoms with Crippen LogP contribution in [-0.4, -0.2) is 29.9 Å². The van der Waals surface area contributed by atoms with Crippen molar-refractivity contribution in [2.75, 3.05) is 28.3 Å². The second-order valence-corrected chi connectivity index (χ2v) is 4.68. The van der Waals surface area contributed by atoms with Gasteiger partial charge in [0, 0.05) is 0 Å². The van der Waals surface area contributed by atoms with Crippen molar-refractivity contribution in [3.63, 3.8) is 0 Å². The molecule has 5 nitrogen and oxygen atoms in total. The lowest BCUT2D eigenvalue weighted by atomic mass is 10.2. The second kappa shape index (κ2) is 5.56. The van der Waals surface area contributed by atoms with E-state index in [1.54, 1.807) is 18.2 Å². The van der Waals surface area contributed by atoms with Gasteiger partial charge in [-0.3, -0.25) is 9.59 Å². The van der Waals surface area contributed by atoms with E-state index in [0.29, 0.717) is 11.4 Å². The SMILES string of the molecule is N#CCSCC(=O)N1CC(=O)Nc2ccccc21. The topological polar surface area (TPSA) is 73.2 Å². The molecule has 1 aliphatic heterocycles. The Hall–Kier alpha value is -2.00. The monoisotopic (exact) mass is 261 g/mol. The highest BCUT2D eigenvalue weighted by molar-refractivity contribution is 8.00. The molecule has 0 unspecified atom stereocenters. The average Bonchev–Trinajstić information content (AvgIpc) is 2.38. The quantitative estimate of drug-likeness (QED) is 0.830. The molecular formula is C12H11N3O2S. The van der Waals surface area contributed by atoms with E-state index < -0.39 is 0 Å². The molecule has 92 valence electrons. The van der Waals surface area contributed by atoms with Crippen molar-refractivity contribution in [3.8, 4) is 6.07 Å². The zero-order valence-corrected chi connectivity index (χ0v) is 10.4. The molecule has 0 aromatic heterocycles. The molecule has 1 heterocycles. The first-order valence-electron chi connectivity index (χ1n) is 5.36. The fourth-order valence-electron chi connectivity index (χ4n) is 1.72.